The molecular weight excluding hydrogens is 281 g/mol. The fraction of sp³-hybridized carbons (Fsp3) is 0.533. The van der Waals surface area contributed by atoms with Gasteiger partial charge in [0.15, 0.2) is 0 Å². The van der Waals surface area contributed by atoms with Crippen molar-refractivity contribution in [1.82, 2.24) is 0 Å². The van der Waals surface area contributed by atoms with Crippen LogP contribution in [0.25, 0.3) is 0 Å². The SMILES string of the molecule is N#Cc1cc(OC2CCCCC2CN)ccc1C(F)(F)F. The van der Waals surface area contributed by atoms with Crippen molar-refractivity contribution in [3.8, 4) is 11.8 Å². The van der Waals surface area contributed by atoms with Crippen LogP contribution in [0.15, 0.2) is 18.2 Å². The molecule has 1 aliphatic carbocycles. The number of rotatable bonds is 3. The zero-order valence-electron chi connectivity index (χ0n) is 11.5. The first-order valence-corrected chi connectivity index (χ1v) is 6.93. The van der Waals surface area contributed by atoms with Gasteiger partial charge < -0.3 is 10.5 Å². The third kappa shape index (κ3) is 3.67. The Hall–Kier alpha value is -1.74. The smallest absolute Gasteiger partial charge is 0.417 e. The summed E-state index contributed by atoms with van der Waals surface area (Å²) in [5.74, 6) is 0.511. The van der Waals surface area contributed by atoms with Crippen molar-refractivity contribution in [3.63, 3.8) is 0 Å². The summed E-state index contributed by atoms with van der Waals surface area (Å²) >= 11 is 0. The van der Waals surface area contributed by atoms with Crippen LogP contribution in [0.2, 0.25) is 0 Å². The molecule has 0 aromatic heterocycles. The van der Waals surface area contributed by atoms with Crippen molar-refractivity contribution in [1.29, 1.82) is 5.26 Å². The largest absolute Gasteiger partial charge is 0.490 e. The third-order valence-corrected chi connectivity index (χ3v) is 3.85. The van der Waals surface area contributed by atoms with Gasteiger partial charge in [0, 0.05) is 5.92 Å². The van der Waals surface area contributed by atoms with Crippen LogP contribution in [0, 0.1) is 17.2 Å². The number of alkyl halides is 3. The van der Waals surface area contributed by atoms with Gasteiger partial charge >= 0.3 is 6.18 Å². The highest BCUT2D eigenvalue weighted by Crippen LogP contribution is 2.34. The third-order valence-electron chi connectivity index (χ3n) is 3.85. The van der Waals surface area contributed by atoms with E-state index in [-0.39, 0.29) is 12.0 Å². The maximum Gasteiger partial charge on any atom is 0.417 e. The molecule has 6 heteroatoms. The van der Waals surface area contributed by atoms with Gasteiger partial charge in [-0.3, -0.25) is 0 Å². The topological polar surface area (TPSA) is 59.0 Å². The van der Waals surface area contributed by atoms with Crippen molar-refractivity contribution in [2.45, 2.75) is 38.0 Å². The van der Waals surface area contributed by atoms with Crippen LogP contribution < -0.4 is 10.5 Å². The number of hydrogen-bond acceptors (Lipinski definition) is 3. The minimum atomic E-state index is -4.53. The average Bonchev–Trinajstić information content (AvgIpc) is 2.46. The Morgan fingerprint density at radius 3 is 2.62 bits per heavy atom. The summed E-state index contributed by atoms with van der Waals surface area (Å²) in [5.41, 5.74) is 4.35. The highest BCUT2D eigenvalue weighted by Gasteiger charge is 2.34. The van der Waals surface area contributed by atoms with Crippen LogP contribution in [0.3, 0.4) is 0 Å². The Labute approximate surface area is 121 Å². The van der Waals surface area contributed by atoms with Crippen LogP contribution in [0.4, 0.5) is 13.2 Å². The highest BCUT2D eigenvalue weighted by atomic mass is 19.4. The van der Waals surface area contributed by atoms with Crippen LogP contribution in [0.1, 0.15) is 36.8 Å². The average molecular weight is 298 g/mol. The molecule has 1 aliphatic rings. The number of hydrogen-bond donors (Lipinski definition) is 1. The lowest BCUT2D eigenvalue weighted by molar-refractivity contribution is -0.137. The van der Waals surface area contributed by atoms with Crippen LogP contribution in [-0.4, -0.2) is 12.6 Å². The maximum atomic E-state index is 12.7. The van der Waals surface area contributed by atoms with E-state index in [2.05, 4.69) is 0 Å². The molecule has 3 nitrogen and oxygen atoms in total. The Morgan fingerprint density at radius 2 is 2.00 bits per heavy atom. The van der Waals surface area contributed by atoms with Gasteiger partial charge in [0.2, 0.25) is 0 Å². The summed E-state index contributed by atoms with van der Waals surface area (Å²) in [7, 11) is 0. The van der Waals surface area contributed by atoms with Gasteiger partial charge in [0.1, 0.15) is 11.9 Å². The fourth-order valence-electron chi connectivity index (χ4n) is 2.71. The number of nitrogens with two attached hydrogens (primary N) is 1. The predicted molar refractivity (Wildman–Crippen MR) is 71.6 cm³/mol. The van der Waals surface area contributed by atoms with Crippen molar-refractivity contribution >= 4 is 0 Å². The molecule has 2 unspecified atom stereocenters. The van der Waals surface area contributed by atoms with E-state index in [1.807, 2.05) is 0 Å². The van der Waals surface area contributed by atoms with Gasteiger partial charge in [-0.25, -0.2) is 0 Å². The molecule has 0 spiro atoms. The number of benzene rings is 1. The van der Waals surface area contributed by atoms with E-state index < -0.39 is 17.3 Å². The molecular formula is C15H17F3N2O. The number of nitriles is 1. The molecule has 2 rings (SSSR count). The minimum Gasteiger partial charge on any atom is -0.490 e. The van der Waals surface area contributed by atoms with E-state index in [1.165, 1.54) is 6.07 Å². The second-order valence-corrected chi connectivity index (χ2v) is 5.25. The second-order valence-electron chi connectivity index (χ2n) is 5.25. The van der Waals surface area contributed by atoms with E-state index in [9.17, 15) is 13.2 Å². The molecule has 114 valence electrons. The summed E-state index contributed by atoms with van der Waals surface area (Å²) < 4.78 is 44.0. The number of halogens is 3. The van der Waals surface area contributed by atoms with Gasteiger partial charge in [0.05, 0.1) is 17.2 Å². The van der Waals surface area contributed by atoms with Gasteiger partial charge in [-0.05, 0) is 44.0 Å². The molecule has 1 aromatic carbocycles. The highest BCUT2D eigenvalue weighted by molar-refractivity contribution is 5.44. The molecule has 2 N–H and O–H groups in total. The van der Waals surface area contributed by atoms with Crippen LogP contribution in [0.5, 0.6) is 5.75 Å². The molecule has 1 saturated carbocycles. The van der Waals surface area contributed by atoms with Gasteiger partial charge in [-0.2, -0.15) is 18.4 Å². The molecule has 1 fully saturated rings. The van der Waals surface area contributed by atoms with E-state index in [4.69, 9.17) is 15.7 Å². The first kappa shape index (κ1) is 15.6. The quantitative estimate of drug-likeness (QED) is 0.929. The Bertz CT molecular complexity index is 537. The van der Waals surface area contributed by atoms with E-state index in [0.717, 1.165) is 37.8 Å². The number of nitrogens with zero attached hydrogens (tertiary/aromatic N) is 1. The van der Waals surface area contributed by atoms with E-state index >= 15 is 0 Å². The lowest BCUT2D eigenvalue weighted by Gasteiger charge is -2.31. The summed E-state index contributed by atoms with van der Waals surface area (Å²) in [6.07, 6.45) is -0.705. The Balaban J connectivity index is 2.20. The molecule has 2 atom stereocenters. The standard InChI is InChI=1S/C15H17F3N2O/c16-15(17,18)13-6-5-12(7-11(13)9-20)21-14-4-2-1-3-10(14)8-19/h5-7,10,14H,1-4,8,19H2. The first-order valence-electron chi connectivity index (χ1n) is 6.93. The first-order chi connectivity index (χ1) is 9.95. The molecule has 0 heterocycles. The maximum absolute atomic E-state index is 12.7. The normalized spacial score (nSPS) is 22.6. The fourth-order valence-corrected chi connectivity index (χ4v) is 2.71. The van der Waals surface area contributed by atoms with Crippen LogP contribution in [-0.2, 0) is 6.18 Å². The van der Waals surface area contributed by atoms with Crippen molar-refractivity contribution in [3.05, 3.63) is 29.3 Å². The van der Waals surface area contributed by atoms with E-state index in [1.54, 1.807) is 6.07 Å². The monoisotopic (exact) mass is 298 g/mol. The second kappa shape index (κ2) is 6.35. The summed E-state index contributed by atoms with van der Waals surface area (Å²) in [6, 6.07) is 4.90. The molecule has 0 amide bonds. The molecule has 1 aromatic rings. The number of ether oxygens (including phenoxy) is 1. The molecule has 0 radical (unpaired) electrons. The molecule has 0 bridgehead atoms. The lowest BCUT2D eigenvalue weighted by atomic mass is 9.86. The van der Waals surface area contributed by atoms with Crippen molar-refractivity contribution in [2.24, 2.45) is 11.7 Å². The molecule has 0 aliphatic heterocycles. The van der Waals surface area contributed by atoms with Crippen LogP contribution >= 0.6 is 0 Å². The summed E-state index contributed by atoms with van der Waals surface area (Å²) in [4.78, 5) is 0. The Morgan fingerprint density at radius 1 is 1.29 bits per heavy atom. The van der Waals surface area contributed by atoms with Crippen molar-refractivity contribution < 1.29 is 17.9 Å². The van der Waals surface area contributed by atoms with Gasteiger partial charge in [-0.1, -0.05) is 6.42 Å². The zero-order valence-corrected chi connectivity index (χ0v) is 11.5. The molecule has 21 heavy (non-hydrogen) atoms. The van der Waals surface area contributed by atoms with E-state index in [0.29, 0.717) is 12.3 Å². The Kier molecular flexibility index (Phi) is 4.73. The molecule has 0 saturated heterocycles. The zero-order chi connectivity index (χ0) is 15.5. The minimum absolute atomic E-state index is 0.0907. The summed E-state index contributed by atoms with van der Waals surface area (Å²) in [6.45, 7) is 0.496. The van der Waals surface area contributed by atoms with Crippen molar-refractivity contribution in [2.75, 3.05) is 6.54 Å². The van der Waals surface area contributed by atoms with Gasteiger partial charge in [0.25, 0.3) is 0 Å². The lowest BCUT2D eigenvalue weighted by Crippen LogP contribution is -2.35. The van der Waals surface area contributed by atoms with Gasteiger partial charge in [-0.15, -0.1) is 0 Å². The summed E-state index contributed by atoms with van der Waals surface area (Å²) in [5, 5.41) is 8.88. The predicted octanol–water partition coefficient (Wildman–Crippen LogP) is 3.47.